The van der Waals surface area contributed by atoms with Crippen molar-refractivity contribution >= 4 is 11.0 Å². The minimum Gasteiger partial charge on any atom is -0.338 e. The number of nitrogens with one attached hydrogen (secondary N) is 1. The summed E-state index contributed by atoms with van der Waals surface area (Å²) >= 11 is 0. The molecule has 3 aromatic rings. The number of aryl methyl sites for hydroxylation is 1. The third-order valence-electron chi connectivity index (χ3n) is 2.65. The van der Waals surface area contributed by atoms with E-state index in [1.807, 2.05) is 13.0 Å². The van der Waals surface area contributed by atoms with E-state index in [-0.39, 0.29) is 5.52 Å². The molecule has 5 heteroatoms. The summed E-state index contributed by atoms with van der Waals surface area (Å²) in [5.41, 5.74) is 2.18. The van der Waals surface area contributed by atoms with Gasteiger partial charge in [-0.3, -0.25) is 4.98 Å². The molecule has 0 saturated heterocycles. The molecule has 18 heavy (non-hydrogen) atoms. The number of nitrogens with zero attached hydrogens (tertiary/aromatic N) is 2. The molecule has 3 rings (SSSR count). The maximum absolute atomic E-state index is 13.5. The quantitative estimate of drug-likeness (QED) is 0.715. The summed E-state index contributed by atoms with van der Waals surface area (Å²) in [6.07, 6.45) is 3.34. The smallest absolute Gasteiger partial charge is 0.153 e. The molecule has 0 aliphatic rings. The maximum atomic E-state index is 13.5. The van der Waals surface area contributed by atoms with Gasteiger partial charge in [0, 0.05) is 24.0 Å². The van der Waals surface area contributed by atoms with Crippen LogP contribution in [0.4, 0.5) is 8.78 Å². The highest BCUT2D eigenvalue weighted by Crippen LogP contribution is 2.23. The van der Waals surface area contributed by atoms with Crippen LogP contribution in [0.3, 0.4) is 0 Å². The summed E-state index contributed by atoms with van der Waals surface area (Å²) in [4.78, 5) is 11.1. The van der Waals surface area contributed by atoms with Gasteiger partial charge in [-0.2, -0.15) is 0 Å². The van der Waals surface area contributed by atoms with Gasteiger partial charge >= 0.3 is 0 Å². The number of imidazole rings is 1. The van der Waals surface area contributed by atoms with Gasteiger partial charge in [-0.25, -0.2) is 13.8 Å². The normalized spacial score (nSPS) is 11.1. The summed E-state index contributed by atoms with van der Waals surface area (Å²) in [6.45, 7) is 1.90. The molecule has 1 N–H and O–H groups in total. The summed E-state index contributed by atoms with van der Waals surface area (Å²) < 4.78 is 26.6. The number of H-pyrrole nitrogens is 1. The summed E-state index contributed by atoms with van der Waals surface area (Å²) in [7, 11) is 0. The topological polar surface area (TPSA) is 41.6 Å². The third kappa shape index (κ3) is 1.73. The molecule has 0 amide bonds. The Morgan fingerprint density at radius 3 is 2.72 bits per heavy atom. The number of pyridine rings is 1. The van der Waals surface area contributed by atoms with Crippen molar-refractivity contribution in [2.24, 2.45) is 0 Å². The van der Waals surface area contributed by atoms with Gasteiger partial charge in [-0.05, 0) is 24.6 Å². The van der Waals surface area contributed by atoms with Gasteiger partial charge in [0.2, 0.25) is 0 Å². The van der Waals surface area contributed by atoms with Crippen LogP contribution in [0.25, 0.3) is 22.4 Å². The number of fused-ring (bicyclic) bond motifs is 1. The lowest BCUT2D eigenvalue weighted by Crippen LogP contribution is -1.84. The van der Waals surface area contributed by atoms with Crippen molar-refractivity contribution in [3.05, 3.63) is 47.8 Å². The molecule has 3 nitrogen and oxygen atoms in total. The Kier molecular flexibility index (Phi) is 2.33. The molecule has 0 atom stereocenters. The van der Waals surface area contributed by atoms with Crippen LogP contribution < -0.4 is 0 Å². The van der Waals surface area contributed by atoms with Gasteiger partial charge in [0.15, 0.2) is 5.82 Å². The van der Waals surface area contributed by atoms with Crippen molar-refractivity contribution in [3.63, 3.8) is 0 Å². The molecule has 0 unspecified atom stereocenters. The second kappa shape index (κ2) is 3.87. The Balaban J connectivity index is 2.22. The van der Waals surface area contributed by atoms with Gasteiger partial charge in [0.25, 0.3) is 0 Å². The van der Waals surface area contributed by atoms with Gasteiger partial charge < -0.3 is 4.98 Å². The van der Waals surface area contributed by atoms with Crippen LogP contribution in [0.2, 0.25) is 0 Å². The highest BCUT2D eigenvalue weighted by atomic mass is 19.1. The zero-order valence-electron chi connectivity index (χ0n) is 9.54. The minimum atomic E-state index is -0.673. The van der Waals surface area contributed by atoms with Crippen molar-refractivity contribution in [3.8, 4) is 11.4 Å². The number of hydrogen-bond acceptors (Lipinski definition) is 2. The van der Waals surface area contributed by atoms with Crippen LogP contribution >= 0.6 is 0 Å². The Bertz CT molecular complexity index is 734. The first kappa shape index (κ1) is 10.8. The van der Waals surface area contributed by atoms with Crippen molar-refractivity contribution in [2.45, 2.75) is 6.92 Å². The van der Waals surface area contributed by atoms with E-state index in [4.69, 9.17) is 0 Å². The van der Waals surface area contributed by atoms with Crippen molar-refractivity contribution < 1.29 is 8.78 Å². The third-order valence-corrected chi connectivity index (χ3v) is 2.65. The Hall–Kier alpha value is -2.30. The van der Waals surface area contributed by atoms with Crippen molar-refractivity contribution in [2.75, 3.05) is 0 Å². The first-order valence-electron chi connectivity index (χ1n) is 5.40. The van der Waals surface area contributed by atoms with Crippen LogP contribution in [-0.4, -0.2) is 15.0 Å². The molecule has 0 aliphatic heterocycles. The Labute approximate surface area is 102 Å². The van der Waals surface area contributed by atoms with Crippen LogP contribution in [0.5, 0.6) is 0 Å². The molecule has 0 saturated carbocycles. The van der Waals surface area contributed by atoms with Crippen LogP contribution in [0.1, 0.15) is 5.56 Å². The van der Waals surface area contributed by atoms with E-state index in [2.05, 4.69) is 15.0 Å². The number of benzene rings is 1. The molecular formula is C13H9F2N3. The predicted molar refractivity (Wildman–Crippen MR) is 64.0 cm³/mol. The molecular weight excluding hydrogens is 236 g/mol. The molecule has 0 bridgehead atoms. The zero-order chi connectivity index (χ0) is 12.7. The van der Waals surface area contributed by atoms with Gasteiger partial charge in [0.1, 0.15) is 17.2 Å². The number of aromatic nitrogens is 3. The molecule has 1 aromatic carbocycles. The lowest BCUT2D eigenvalue weighted by Gasteiger charge is -1.96. The lowest BCUT2D eigenvalue weighted by molar-refractivity contribution is 0.591. The zero-order valence-corrected chi connectivity index (χ0v) is 9.54. The highest BCUT2D eigenvalue weighted by molar-refractivity contribution is 5.79. The van der Waals surface area contributed by atoms with Crippen molar-refractivity contribution in [1.82, 2.24) is 15.0 Å². The fraction of sp³-hybridized carbons (Fsp3) is 0.0769. The van der Waals surface area contributed by atoms with Gasteiger partial charge in [-0.15, -0.1) is 0 Å². The Morgan fingerprint density at radius 1 is 1.11 bits per heavy atom. The lowest BCUT2D eigenvalue weighted by atomic mass is 10.2. The average Bonchev–Trinajstić information content (AvgIpc) is 2.73. The van der Waals surface area contributed by atoms with Crippen molar-refractivity contribution in [1.29, 1.82) is 0 Å². The van der Waals surface area contributed by atoms with E-state index >= 15 is 0 Å². The average molecular weight is 245 g/mol. The van der Waals surface area contributed by atoms with E-state index in [1.54, 1.807) is 12.4 Å². The second-order valence-electron chi connectivity index (χ2n) is 4.12. The predicted octanol–water partition coefficient (Wildman–Crippen LogP) is 3.21. The van der Waals surface area contributed by atoms with E-state index < -0.39 is 11.6 Å². The molecule has 2 heterocycles. The molecule has 0 fully saturated rings. The molecule has 0 radical (unpaired) electrons. The van der Waals surface area contributed by atoms with E-state index in [0.29, 0.717) is 11.3 Å². The molecule has 90 valence electrons. The SMILES string of the molecule is Cc1cncc(-c2nc3c(F)cc(F)cc3[nH]2)c1. The highest BCUT2D eigenvalue weighted by Gasteiger charge is 2.11. The molecule has 0 spiro atoms. The fourth-order valence-electron chi connectivity index (χ4n) is 1.86. The standard InChI is InChI=1S/C13H9F2N3/c1-7-2-8(6-16-5-7)13-17-11-4-9(14)3-10(15)12(11)18-13/h2-6H,1H3,(H,17,18). The van der Waals surface area contributed by atoms with E-state index in [0.717, 1.165) is 17.2 Å². The van der Waals surface area contributed by atoms with Gasteiger partial charge in [0.05, 0.1) is 5.52 Å². The number of aromatic amines is 1. The van der Waals surface area contributed by atoms with Crippen LogP contribution in [-0.2, 0) is 0 Å². The fourth-order valence-corrected chi connectivity index (χ4v) is 1.86. The maximum Gasteiger partial charge on any atom is 0.153 e. The minimum absolute atomic E-state index is 0.132. The summed E-state index contributed by atoms with van der Waals surface area (Å²) in [5, 5.41) is 0. The Morgan fingerprint density at radius 2 is 1.94 bits per heavy atom. The first-order valence-corrected chi connectivity index (χ1v) is 5.40. The van der Waals surface area contributed by atoms with E-state index in [1.165, 1.54) is 6.07 Å². The van der Waals surface area contributed by atoms with Crippen LogP contribution in [0, 0.1) is 18.6 Å². The summed E-state index contributed by atoms with van der Waals surface area (Å²) in [5.74, 6) is -0.823. The van der Waals surface area contributed by atoms with Crippen LogP contribution in [0.15, 0.2) is 30.6 Å². The monoisotopic (exact) mass is 245 g/mol. The molecule has 0 aliphatic carbocycles. The number of hydrogen-bond donors (Lipinski definition) is 1. The van der Waals surface area contributed by atoms with Gasteiger partial charge in [-0.1, -0.05) is 0 Å². The van der Waals surface area contributed by atoms with E-state index in [9.17, 15) is 8.78 Å². The largest absolute Gasteiger partial charge is 0.338 e. The summed E-state index contributed by atoms with van der Waals surface area (Å²) in [6, 6.07) is 3.92. The molecule has 2 aromatic heterocycles. The first-order chi connectivity index (χ1) is 8.63. The number of rotatable bonds is 1. The second-order valence-corrected chi connectivity index (χ2v) is 4.12. The number of halogens is 2.